The number of hydrogen-bond acceptors (Lipinski definition) is 5. The van der Waals surface area contributed by atoms with Gasteiger partial charge in [-0.05, 0) is 32.1 Å². The van der Waals surface area contributed by atoms with Gasteiger partial charge < -0.3 is 19.9 Å². The molecule has 2 aliphatic carbocycles. The number of aromatic nitrogens is 2. The lowest BCUT2D eigenvalue weighted by Gasteiger charge is -2.18. The first-order valence-corrected chi connectivity index (χ1v) is 8.97. The third-order valence-corrected chi connectivity index (χ3v) is 4.73. The monoisotopic (exact) mass is 331 g/mol. The maximum Gasteiger partial charge on any atom is 0.248 e. The zero-order valence-corrected chi connectivity index (χ0v) is 13.9. The van der Waals surface area contributed by atoms with Crippen molar-refractivity contribution in [2.24, 2.45) is 10.9 Å². The van der Waals surface area contributed by atoms with Gasteiger partial charge in [0.05, 0.1) is 6.61 Å². The number of guanidine groups is 1. The van der Waals surface area contributed by atoms with E-state index in [0.717, 1.165) is 50.8 Å². The van der Waals surface area contributed by atoms with Crippen LogP contribution in [0.3, 0.4) is 0 Å². The first-order chi connectivity index (χ1) is 11.9. The molecule has 1 saturated heterocycles. The molecule has 7 nitrogen and oxygen atoms in total. The minimum atomic E-state index is 0.413. The Bertz CT molecular complexity index is 594. The minimum absolute atomic E-state index is 0.413. The third-order valence-electron chi connectivity index (χ3n) is 4.73. The van der Waals surface area contributed by atoms with E-state index < -0.39 is 0 Å². The first-order valence-electron chi connectivity index (χ1n) is 8.97. The van der Waals surface area contributed by atoms with E-state index in [2.05, 4.69) is 37.9 Å². The molecule has 7 heteroatoms. The van der Waals surface area contributed by atoms with Crippen LogP contribution in [0.15, 0.2) is 21.7 Å². The number of hydrogen-bond donors (Lipinski definition) is 2. The Balaban J connectivity index is 1.34. The molecule has 130 valence electrons. The molecule has 1 aliphatic heterocycles. The van der Waals surface area contributed by atoms with Gasteiger partial charge in [0.25, 0.3) is 0 Å². The Kier molecular flexibility index (Phi) is 4.78. The summed E-state index contributed by atoms with van der Waals surface area (Å²) in [5.74, 6) is 3.32. The predicted molar refractivity (Wildman–Crippen MR) is 89.6 cm³/mol. The fraction of sp³-hybridized carbons (Fsp3) is 0.706. The number of ether oxygens (including phenoxy) is 1. The summed E-state index contributed by atoms with van der Waals surface area (Å²) >= 11 is 0. The van der Waals surface area contributed by atoms with Crippen molar-refractivity contribution in [1.29, 1.82) is 0 Å². The topological polar surface area (TPSA) is 84.6 Å². The lowest BCUT2D eigenvalue weighted by molar-refractivity contribution is 0.186. The van der Waals surface area contributed by atoms with Crippen LogP contribution in [0.25, 0.3) is 0 Å². The van der Waals surface area contributed by atoms with E-state index >= 15 is 0 Å². The smallest absolute Gasteiger partial charge is 0.248 e. The van der Waals surface area contributed by atoms with Crippen LogP contribution >= 0.6 is 0 Å². The summed E-state index contributed by atoms with van der Waals surface area (Å²) in [6.45, 7) is 2.99. The predicted octanol–water partition coefficient (Wildman–Crippen LogP) is 1.74. The number of rotatable bonds is 6. The molecule has 0 aromatic carbocycles. The Morgan fingerprint density at radius 3 is 2.88 bits per heavy atom. The molecule has 0 bridgehead atoms. The Hall–Kier alpha value is -1.89. The van der Waals surface area contributed by atoms with Crippen LogP contribution in [0.5, 0.6) is 0 Å². The van der Waals surface area contributed by atoms with Crippen LogP contribution < -0.4 is 10.6 Å². The maximum atomic E-state index is 5.44. The molecular formula is C17H25N5O2. The molecule has 3 aliphatic rings. The minimum Gasteiger partial charge on any atom is -0.381 e. The van der Waals surface area contributed by atoms with E-state index in [1.54, 1.807) is 0 Å². The highest BCUT2D eigenvalue weighted by molar-refractivity contribution is 5.80. The fourth-order valence-corrected chi connectivity index (χ4v) is 3.05. The maximum absolute atomic E-state index is 5.44. The van der Waals surface area contributed by atoms with Crippen LogP contribution in [-0.2, 0) is 11.3 Å². The molecular weight excluding hydrogens is 306 g/mol. The highest BCUT2D eigenvalue weighted by atomic mass is 16.5. The van der Waals surface area contributed by atoms with E-state index in [-0.39, 0.29) is 0 Å². The average molecular weight is 331 g/mol. The summed E-state index contributed by atoms with van der Waals surface area (Å²) in [6, 6.07) is 0.417. The second-order valence-electron chi connectivity index (χ2n) is 6.88. The first kappa shape index (κ1) is 15.6. The Morgan fingerprint density at radius 2 is 2.12 bits per heavy atom. The van der Waals surface area contributed by atoms with Crippen molar-refractivity contribution in [3.63, 3.8) is 0 Å². The van der Waals surface area contributed by atoms with Gasteiger partial charge in [-0.3, -0.25) is 0 Å². The average Bonchev–Trinajstić information content (AvgIpc) is 3.04. The van der Waals surface area contributed by atoms with Crippen LogP contribution in [0.1, 0.15) is 49.7 Å². The van der Waals surface area contributed by atoms with Gasteiger partial charge in [0.2, 0.25) is 5.89 Å². The normalized spacial score (nSPS) is 24.7. The Labute approximate surface area is 141 Å². The molecule has 2 heterocycles. The molecule has 24 heavy (non-hydrogen) atoms. The largest absolute Gasteiger partial charge is 0.381 e. The summed E-state index contributed by atoms with van der Waals surface area (Å²) in [5, 5.41) is 11.0. The molecule has 1 atom stereocenters. The standard InChI is InChI=1S/C17H25N5O2/c1-2-4-14(3-1)20-17(18-9-12-7-8-23-11-12)19-10-15-21-16(22-24-15)13-5-6-13/h1-2,12-14H,3-11H2,(H2,18,19,20). The van der Waals surface area contributed by atoms with Gasteiger partial charge in [0.1, 0.15) is 6.54 Å². The quantitative estimate of drug-likeness (QED) is 0.469. The SMILES string of the molecule is C1=CCC(NC(=NCc2nc(C3CC3)no2)NCC2CCOC2)C1. The summed E-state index contributed by atoms with van der Waals surface area (Å²) in [5.41, 5.74) is 0. The van der Waals surface area contributed by atoms with E-state index in [1.165, 1.54) is 12.8 Å². The lowest BCUT2D eigenvalue weighted by atomic mass is 10.1. The van der Waals surface area contributed by atoms with E-state index in [1.807, 2.05) is 0 Å². The van der Waals surface area contributed by atoms with Gasteiger partial charge in [0, 0.05) is 31.0 Å². The van der Waals surface area contributed by atoms with Gasteiger partial charge in [-0.15, -0.1) is 0 Å². The van der Waals surface area contributed by atoms with Crippen molar-refractivity contribution in [3.05, 3.63) is 23.9 Å². The molecule has 1 aromatic heterocycles. The molecule has 0 amide bonds. The van der Waals surface area contributed by atoms with E-state index in [4.69, 9.17) is 9.26 Å². The van der Waals surface area contributed by atoms with E-state index in [0.29, 0.717) is 30.3 Å². The molecule has 0 spiro atoms. The van der Waals surface area contributed by atoms with Crippen LogP contribution in [0.2, 0.25) is 0 Å². The van der Waals surface area contributed by atoms with Crippen molar-refractivity contribution < 1.29 is 9.26 Å². The van der Waals surface area contributed by atoms with Gasteiger partial charge >= 0.3 is 0 Å². The molecule has 1 unspecified atom stereocenters. The summed E-state index contributed by atoms with van der Waals surface area (Å²) in [6.07, 6.45) is 9.96. The van der Waals surface area contributed by atoms with Crippen molar-refractivity contribution >= 4 is 5.96 Å². The molecule has 2 N–H and O–H groups in total. The Morgan fingerprint density at radius 1 is 1.25 bits per heavy atom. The summed E-state index contributed by atoms with van der Waals surface area (Å²) in [7, 11) is 0. The van der Waals surface area contributed by atoms with Gasteiger partial charge in [-0.2, -0.15) is 4.98 Å². The van der Waals surface area contributed by atoms with Gasteiger partial charge in [-0.25, -0.2) is 4.99 Å². The van der Waals surface area contributed by atoms with Crippen LogP contribution in [-0.4, -0.2) is 41.9 Å². The lowest BCUT2D eigenvalue weighted by Crippen LogP contribution is -2.44. The molecule has 4 rings (SSSR count). The summed E-state index contributed by atoms with van der Waals surface area (Å²) < 4.78 is 10.7. The van der Waals surface area contributed by atoms with Crippen molar-refractivity contribution in [2.45, 2.75) is 50.6 Å². The second kappa shape index (κ2) is 7.34. The third kappa shape index (κ3) is 4.14. The van der Waals surface area contributed by atoms with Crippen LogP contribution in [0, 0.1) is 5.92 Å². The van der Waals surface area contributed by atoms with Crippen molar-refractivity contribution in [2.75, 3.05) is 19.8 Å². The highest BCUT2D eigenvalue weighted by Crippen LogP contribution is 2.38. The molecule has 0 radical (unpaired) electrons. The molecule has 2 fully saturated rings. The summed E-state index contributed by atoms with van der Waals surface area (Å²) in [4.78, 5) is 9.08. The zero-order chi connectivity index (χ0) is 16.2. The van der Waals surface area contributed by atoms with Crippen LogP contribution in [0.4, 0.5) is 0 Å². The fourth-order valence-electron chi connectivity index (χ4n) is 3.05. The second-order valence-corrected chi connectivity index (χ2v) is 6.88. The number of aliphatic imine (C=N–C) groups is 1. The van der Waals surface area contributed by atoms with E-state index in [9.17, 15) is 0 Å². The molecule has 1 saturated carbocycles. The van der Waals surface area contributed by atoms with Gasteiger partial charge in [-0.1, -0.05) is 17.3 Å². The van der Waals surface area contributed by atoms with Crippen molar-refractivity contribution in [1.82, 2.24) is 20.8 Å². The zero-order valence-electron chi connectivity index (χ0n) is 13.9. The molecule has 1 aromatic rings. The number of nitrogens with one attached hydrogen (secondary N) is 2. The highest BCUT2D eigenvalue weighted by Gasteiger charge is 2.28. The number of nitrogens with zero attached hydrogens (tertiary/aromatic N) is 3. The van der Waals surface area contributed by atoms with Crippen molar-refractivity contribution in [3.8, 4) is 0 Å². The van der Waals surface area contributed by atoms with Gasteiger partial charge in [0.15, 0.2) is 11.8 Å².